The molecule has 7 heteroatoms. The van der Waals surface area contributed by atoms with Crippen LogP contribution in [0.15, 0.2) is 40.8 Å². The summed E-state index contributed by atoms with van der Waals surface area (Å²) in [6, 6.07) is 5.31. The van der Waals surface area contributed by atoms with Gasteiger partial charge >= 0.3 is 0 Å². The van der Waals surface area contributed by atoms with Crippen LogP contribution in [0.3, 0.4) is 0 Å². The largest absolute Gasteiger partial charge is 0.353 e. The zero-order chi connectivity index (χ0) is 16.4. The van der Waals surface area contributed by atoms with E-state index in [-0.39, 0.29) is 17.2 Å². The molecule has 0 bridgehead atoms. The topological polar surface area (TPSA) is 64.0 Å². The highest BCUT2D eigenvalue weighted by atomic mass is 35.5. The third kappa shape index (κ3) is 3.76. The Hall–Kier alpha value is -1.79. The molecule has 0 atom stereocenters. The first-order valence-electron chi connectivity index (χ1n) is 7.31. The molecule has 1 saturated carbocycles. The summed E-state index contributed by atoms with van der Waals surface area (Å²) in [5.41, 5.74) is 0.379. The van der Waals surface area contributed by atoms with E-state index >= 15 is 0 Å². The Kier molecular flexibility index (Phi) is 4.73. The molecule has 0 saturated heterocycles. The summed E-state index contributed by atoms with van der Waals surface area (Å²) >= 11 is 7.23. The minimum atomic E-state index is -0.156. The summed E-state index contributed by atoms with van der Waals surface area (Å²) in [5.74, 6) is 0.190. The number of benzene rings is 1. The smallest absolute Gasteiger partial charge is 0.262 e. The molecule has 1 heterocycles. The third-order valence-corrected chi connectivity index (χ3v) is 4.68. The average molecular weight is 350 g/mol. The number of aromatic nitrogens is 2. The van der Waals surface area contributed by atoms with E-state index in [4.69, 9.17) is 11.6 Å². The molecule has 23 heavy (non-hydrogen) atoms. The highest BCUT2D eigenvalue weighted by Crippen LogP contribution is 2.22. The van der Waals surface area contributed by atoms with Gasteiger partial charge in [-0.1, -0.05) is 29.4 Å². The van der Waals surface area contributed by atoms with Crippen LogP contribution in [0.2, 0.25) is 5.02 Å². The molecule has 1 aliphatic rings. The monoisotopic (exact) mass is 349 g/mol. The molecule has 1 amide bonds. The van der Waals surface area contributed by atoms with Crippen molar-refractivity contribution >= 4 is 40.2 Å². The van der Waals surface area contributed by atoms with Crippen molar-refractivity contribution in [3.63, 3.8) is 0 Å². The molecule has 5 nitrogen and oxygen atoms in total. The average Bonchev–Trinajstić information content (AvgIpc) is 3.32. The van der Waals surface area contributed by atoms with Gasteiger partial charge < -0.3 is 5.32 Å². The molecular weight excluding hydrogens is 334 g/mol. The first kappa shape index (κ1) is 16.1. The van der Waals surface area contributed by atoms with Crippen LogP contribution >= 0.6 is 23.4 Å². The number of carbonyl (C=O) groups excluding carboxylic acids is 1. The van der Waals surface area contributed by atoms with Gasteiger partial charge in [0.15, 0.2) is 5.16 Å². The minimum absolute atomic E-state index is 0.0388. The molecule has 1 aliphatic carbocycles. The van der Waals surface area contributed by atoms with E-state index in [0.717, 1.165) is 12.8 Å². The zero-order valence-electron chi connectivity index (χ0n) is 12.4. The van der Waals surface area contributed by atoms with Gasteiger partial charge in [0, 0.05) is 17.6 Å². The Morgan fingerprint density at radius 2 is 2.30 bits per heavy atom. The minimum Gasteiger partial charge on any atom is -0.353 e. The van der Waals surface area contributed by atoms with Crippen molar-refractivity contribution < 1.29 is 4.79 Å². The molecular formula is C16H16ClN3O2S. The summed E-state index contributed by atoms with van der Waals surface area (Å²) in [4.78, 5) is 28.9. The number of rotatable bonds is 6. The lowest BCUT2D eigenvalue weighted by molar-refractivity contribution is -0.118. The van der Waals surface area contributed by atoms with Crippen LogP contribution in [0, 0.1) is 0 Å². The molecule has 1 aromatic heterocycles. The van der Waals surface area contributed by atoms with Gasteiger partial charge in [-0.25, -0.2) is 4.98 Å². The highest BCUT2D eigenvalue weighted by Gasteiger charge is 2.23. The SMILES string of the molecule is C=CCn1c(SCC(=O)NC2CC2)nc2cc(Cl)ccc2c1=O. The van der Waals surface area contributed by atoms with Crippen molar-refractivity contribution in [2.24, 2.45) is 0 Å². The molecule has 0 unspecified atom stereocenters. The van der Waals surface area contributed by atoms with Crippen molar-refractivity contribution in [1.82, 2.24) is 14.9 Å². The second kappa shape index (κ2) is 6.76. The maximum Gasteiger partial charge on any atom is 0.262 e. The molecule has 2 aromatic rings. The third-order valence-electron chi connectivity index (χ3n) is 3.47. The second-order valence-corrected chi connectivity index (χ2v) is 6.77. The normalized spacial score (nSPS) is 14.0. The lowest BCUT2D eigenvalue weighted by atomic mass is 10.2. The highest BCUT2D eigenvalue weighted by molar-refractivity contribution is 7.99. The van der Waals surface area contributed by atoms with Crippen molar-refractivity contribution in [3.8, 4) is 0 Å². The number of amides is 1. The molecule has 1 aromatic carbocycles. The van der Waals surface area contributed by atoms with Crippen LogP contribution in [0.25, 0.3) is 10.9 Å². The summed E-state index contributed by atoms with van der Waals surface area (Å²) in [5, 5.41) is 4.44. The van der Waals surface area contributed by atoms with Crippen molar-refractivity contribution in [1.29, 1.82) is 0 Å². The van der Waals surface area contributed by atoms with Gasteiger partial charge in [-0.05, 0) is 31.0 Å². The van der Waals surface area contributed by atoms with Crippen LogP contribution in [0.4, 0.5) is 0 Å². The second-order valence-electron chi connectivity index (χ2n) is 5.39. The Labute approximate surface area is 142 Å². The fourth-order valence-electron chi connectivity index (χ4n) is 2.20. The van der Waals surface area contributed by atoms with Gasteiger partial charge in [0.2, 0.25) is 5.91 Å². The predicted octanol–water partition coefficient (Wildman–Crippen LogP) is 2.61. The van der Waals surface area contributed by atoms with E-state index in [1.54, 1.807) is 24.3 Å². The summed E-state index contributed by atoms with van der Waals surface area (Å²) in [7, 11) is 0. The van der Waals surface area contributed by atoms with Crippen LogP contribution in [0.5, 0.6) is 0 Å². The number of thioether (sulfide) groups is 1. The van der Waals surface area contributed by atoms with Gasteiger partial charge in [0.25, 0.3) is 5.56 Å². The number of nitrogens with zero attached hydrogens (tertiary/aromatic N) is 2. The molecule has 0 spiro atoms. The van der Waals surface area contributed by atoms with E-state index in [9.17, 15) is 9.59 Å². The number of hydrogen-bond acceptors (Lipinski definition) is 4. The molecule has 3 rings (SSSR count). The van der Waals surface area contributed by atoms with Crippen LogP contribution in [-0.4, -0.2) is 27.3 Å². The van der Waals surface area contributed by atoms with Crippen LogP contribution in [0.1, 0.15) is 12.8 Å². The van der Waals surface area contributed by atoms with Gasteiger partial charge in [-0.2, -0.15) is 0 Å². The van der Waals surface area contributed by atoms with Gasteiger partial charge in [-0.3, -0.25) is 14.2 Å². The standard InChI is InChI=1S/C16H16ClN3O2S/c1-2-7-20-15(22)12-6-3-10(17)8-13(12)19-16(20)23-9-14(21)18-11-4-5-11/h2-3,6,8,11H,1,4-5,7,9H2,(H,18,21). The number of allylic oxidation sites excluding steroid dienone is 1. The van der Waals surface area contributed by atoms with Gasteiger partial charge in [0.05, 0.1) is 16.7 Å². The molecule has 1 fully saturated rings. The number of nitrogens with one attached hydrogen (secondary N) is 1. The van der Waals surface area contributed by atoms with E-state index < -0.39 is 0 Å². The van der Waals surface area contributed by atoms with E-state index in [1.165, 1.54) is 16.3 Å². The van der Waals surface area contributed by atoms with Crippen LogP contribution in [-0.2, 0) is 11.3 Å². The number of halogens is 1. The quantitative estimate of drug-likeness (QED) is 0.494. The fourth-order valence-corrected chi connectivity index (χ4v) is 3.19. The van der Waals surface area contributed by atoms with E-state index in [0.29, 0.717) is 33.7 Å². The lowest BCUT2D eigenvalue weighted by Gasteiger charge is -2.11. The van der Waals surface area contributed by atoms with E-state index in [1.807, 2.05) is 0 Å². The molecule has 1 N–H and O–H groups in total. The summed E-state index contributed by atoms with van der Waals surface area (Å²) < 4.78 is 1.53. The van der Waals surface area contributed by atoms with E-state index in [2.05, 4.69) is 16.9 Å². The van der Waals surface area contributed by atoms with Crippen LogP contribution < -0.4 is 10.9 Å². The number of hydrogen-bond donors (Lipinski definition) is 1. The maximum atomic E-state index is 12.6. The van der Waals surface area contributed by atoms with Crippen molar-refractivity contribution in [3.05, 3.63) is 46.2 Å². The predicted molar refractivity (Wildman–Crippen MR) is 93.1 cm³/mol. The number of carbonyl (C=O) groups is 1. The van der Waals surface area contributed by atoms with Crippen molar-refractivity contribution in [2.75, 3.05) is 5.75 Å². The Balaban J connectivity index is 1.92. The summed E-state index contributed by atoms with van der Waals surface area (Å²) in [6.45, 7) is 4.02. The summed E-state index contributed by atoms with van der Waals surface area (Å²) in [6.07, 6.45) is 3.73. The molecule has 0 aliphatic heterocycles. The Morgan fingerprint density at radius 1 is 1.52 bits per heavy atom. The fraction of sp³-hybridized carbons (Fsp3) is 0.312. The maximum absolute atomic E-state index is 12.6. The number of fused-ring (bicyclic) bond motifs is 1. The molecule has 120 valence electrons. The Morgan fingerprint density at radius 3 is 3.00 bits per heavy atom. The zero-order valence-corrected chi connectivity index (χ0v) is 14.0. The van der Waals surface area contributed by atoms with Gasteiger partial charge in [-0.15, -0.1) is 6.58 Å². The first-order chi connectivity index (χ1) is 11.1. The van der Waals surface area contributed by atoms with Crippen molar-refractivity contribution in [2.45, 2.75) is 30.6 Å². The molecule has 0 radical (unpaired) electrons. The lowest BCUT2D eigenvalue weighted by Crippen LogP contribution is -2.28. The van der Waals surface area contributed by atoms with Gasteiger partial charge in [0.1, 0.15) is 0 Å². The first-order valence-corrected chi connectivity index (χ1v) is 8.68. The Bertz CT molecular complexity index is 830.